The minimum Gasteiger partial charge on any atom is -0.492 e. The van der Waals surface area contributed by atoms with E-state index in [1.807, 2.05) is 50.2 Å². The fraction of sp³-hybridized carbons (Fsp3) is 0.300. The van der Waals surface area contributed by atoms with Gasteiger partial charge < -0.3 is 10.1 Å². The molecule has 0 spiro atoms. The van der Waals surface area contributed by atoms with Gasteiger partial charge in [0.05, 0.1) is 12.3 Å². The Morgan fingerprint density at radius 1 is 1.08 bits per heavy atom. The number of aryl methyl sites for hydroxylation is 1. The molecule has 2 aromatic rings. The highest BCUT2D eigenvalue weighted by Crippen LogP contribution is 2.28. The van der Waals surface area contributed by atoms with E-state index in [1.54, 1.807) is 12.1 Å². The Hall–Kier alpha value is -2.82. The van der Waals surface area contributed by atoms with Crippen molar-refractivity contribution in [1.82, 2.24) is 5.32 Å². The summed E-state index contributed by atoms with van der Waals surface area (Å²) in [6.45, 7) is 6.20. The summed E-state index contributed by atoms with van der Waals surface area (Å²) in [5, 5.41) is 2.85. The summed E-state index contributed by atoms with van der Waals surface area (Å²) in [4.78, 5) is 25.8. The molecule has 5 heteroatoms. The lowest BCUT2D eigenvalue weighted by Gasteiger charge is -2.23. The molecule has 25 heavy (non-hydrogen) atoms. The lowest BCUT2D eigenvalue weighted by Crippen LogP contribution is -2.39. The van der Waals surface area contributed by atoms with Crippen LogP contribution in [-0.2, 0) is 16.1 Å². The highest BCUT2D eigenvalue weighted by atomic mass is 16.5. The molecule has 0 aliphatic carbocycles. The highest BCUT2D eigenvalue weighted by molar-refractivity contribution is 5.98. The van der Waals surface area contributed by atoms with Gasteiger partial charge in [0.15, 0.2) is 0 Å². The minimum absolute atomic E-state index is 0.0503. The first-order valence-corrected chi connectivity index (χ1v) is 8.33. The summed E-state index contributed by atoms with van der Waals surface area (Å²) in [5.41, 5.74) is 2.79. The predicted octanol–water partition coefficient (Wildman–Crippen LogP) is 3.06. The number of nitrogens with zero attached hydrogens (tertiary/aromatic N) is 1. The maximum Gasteiger partial charge on any atom is 0.240 e. The molecule has 0 saturated heterocycles. The lowest BCUT2D eigenvalue weighted by molar-refractivity contribution is -0.123. The first kappa shape index (κ1) is 18.5. The van der Waals surface area contributed by atoms with Crippen LogP contribution >= 0.6 is 0 Å². The van der Waals surface area contributed by atoms with Gasteiger partial charge in [0, 0.05) is 13.5 Å². The standard InChI is InChI=1S/C20H24N2O3/c1-4-25-19-8-6-5-7-18(19)22(16(3)23)14-20(24)21-13-17-11-9-15(2)10-12-17/h5-12H,4,13-14H2,1-3H3,(H,21,24). The van der Waals surface area contributed by atoms with Crippen molar-refractivity contribution in [2.75, 3.05) is 18.1 Å². The number of hydrogen-bond donors (Lipinski definition) is 1. The minimum atomic E-state index is -0.220. The number of carbonyl (C=O) groups is 2. The zero-order valence-corrected chi connectivity index (χ0v) is 14.9. The van der Waals surface area contributed by atoms with E-state index in [4.69, 9.17) is 4.74 Å². The Balaban J connectivity index is 2.05. The number of benzene rings is 2. The second-order valence-corrected chi connectivity index (χ2v) is 5.77. The second kappa shape index (κ2) is 8.87. The molecule has 0 aliphatic rings. The lowest BCUT2D eigenvalue weighted by atomic mass is 10.1. The van der Waals surface area contributed by atoms with Gasteiger partial charge in [-0.2, -0.15) is 0 Å². The largest absolute Gasteiger partial charge is 0.492 e. The van der Waals surface area contributed by atoms with Crippen LogP contribution in [0.1, 0.15) is 25.0 Å². The van der Waals surface area contributed by atoms with Gasteiger partial charge in [-0.15, -0.1) is 0 Å². The quantitative estimate of drug-likeness (QED) is 0.843. The number of ether oxygens (including phenoxy) is 1. The van der Waals surface area contributed by atoms with E-state index >= 15 is 0 Å². The van der Waals surface area contributed by atoms with Crippen LogP contribution in [0, 0.1) is 6.92 Å². The van der Waals surface area contributed by atoms with Gasteiger partial charge >= 0.3 is 0 Å². The Bertz CT molecular complexity index is 726. The third-order valence-corrected chi connectivity index (χ3v) is 3.75. The number of amides is 2. The third-order valence-electron chi connectivity index (χ3n) is 3.75. The van der Waals surface area contributed by atoms with E-state index in [-0.39, 0.29) is 18.4 Å². The van der Waals surface area contributed by atoms with Gasteiger partial charge in [-0.3, -0.25) is 14.5 Å². The van der Waals surface area contributed by atoms with Gasteiger partial charge in [0.1, 0.15) is 12.3 Å². The van der Waals surface area contributed by atoms with Crippen LogP contribution in [0.5, 0.6) is 5.75 Å². The Kier molecular flexibility index (Phi) is 6.57. The number of para-hydroxylation sites is 2. The van der Waals surface area contributed by atoms with Crippen molar-refractivity contribution in [3.63, 3.8) is 0 Å². The Morgan fingerprint density at radius 3 is 2.40 bits per heavy atom. The van der Waals surface area contributed by atoms with Gasteiger partial charge in [-0.05, 0) is 31.5 Å². The fourth-order valence-electron chi connectivity index (χ4n) is 2.43. The van der Waals surface area contributed by atoms with Crippen LogP contribution in [0.3, 0.4) is 0 Å². The predicted molar refractivity (Wildman–Crippen MR) is 98.7 cm³/mol. The molecular formula is C20H24N2O3. The van der Waals surface area contributed by atoms with Gasteiger partial charge in [-0.25, -0.2) is 0 Å². The van der Waals surface area contributed by atoms with Crippen LogP contribution < -0.4 is 15.0 Å². The molecule has 0 atom stereocenters. The van der Waals surface area contributed by atoms with E-state index in [1.165, 1.54) is 17.4 Å². The number of anilines is 1. The van der Waals surface area contributed by atoms with Crippen molar-refractivity contribution in [2.45, 2.75) is 27.3 Å². The molecule has 0 radical (unpaired) electrons. The fourth-order valence-corrected chi connectivity index (χ4v) is 2.43. The summed E-state index contributed by atoms with van der Waals surface area (Å²) >= 11 is 0. The molecule has 0 aromatic heterocycles. The molecule has 1 N–H and O–H groups in total. The van der Waals surface area contributed by atoms with Crippen LogP contribution in [-0.4, -0.2) is 25.0 Å². The maximum absolute atomic E-state index is 12.3. The Morgan fingerprint density at radius 2 is 1.76 bits per heavy atom. The number of nitrogens with one attached hydrogen (secondary N) is 1. The molecular weight excluding hydrogens is 316 g/mol. The number of carbonyl (C=O) groups excluding carboxylic acids is 2. The topological polar surface area (TPSA) is 58.6 Å². The molecule has 0 bridgehead atoms. The van der Waals surface area contributed by atoms with Crippen LogP contribution in [0.4, 0.5) is 5.69 Å². The van der Waals surface area contributed by atoms with Crippen LogP contribution in [0.15, 0.2) is 48.5 Å². The molecule has 2 aromatic carbocycles. The Labute approximate surface area is 148 Å². The van der Waals surface area contributed by atoms with Crippen molar-refractivity contribution in [2.24, 2.45) is 0 Å². The second-order valence-electron chi connectivity index (χ2n) is 5.77. The van der Waals surface area contributed by atoms with Crippen LogP contribution in [0.2, 0.25) is 0 Å². The SMILES string of the molecule is CCOc1ccccc1N(CC(=O)NCc1ccc(C)cc1)C(C)=O. The van der Waals surface area contributed by atoms with Gasteiger partial charge in [0.25, 0.3) is 0 Å². The highest BCUT2D eigenvalue weighted by Gasteiger charge is 2.19. The molecule has 5 nitrogen and oxygen atoms in total. The molecule has 2 rings (SSSR count). The molecule has 132 valence electrons. The number of rotatable bonds is 7. The van der Waals surface area contributed by atoms with Crippen LogP contribution in [0.25, 0.3) is 0 Å². The monoisotopic (exact) mass is 340 g/mol. The first-order valence-electron chi connectivity index (χ1n) is 8.33. The summed E-state index contributed by atoms with van der Waals surface area (Å²) in [7, 11) is 0. The normalized spacial score (nSPS) is 10.2. The third kappa shape index (κ3) is 5.35. The number of hydrogen-bond acceptors (Lipinski definition) is 3. The molecule has 0 saturated carbocycles. The van der Waals surface area contributed by atoms with Crippen molar-refractivity contribution >= 4 is 17.5 Å². The molecule has 0 aliphatic heterocycles. The zero-order chi connectivity index (χ0) is 18.2. The van der Waals surface area contributed by atoms with Gasteiger partial charge in [0.2, 0.25) is 11.8 Å². The van der Waals surface area contributed by atoms with E-state index in [0.717, 1.165) is 5.56 Å². The average Bonchev–Trinajstić information content (AvgIpc) is 2.60. The van der Waals surface area contributed by atoms with Crippen molar-refractivity contribution in [3.05, 3.63) is 59.7 Å². The summed E-state index contributed by atoms with van der Waals surface area (Å²) < 4.78 is 5.56. The van der Waals surface area contributed by atoms with E-state index in [0.29, 0.717) is 24.6 Å². The average molecular weight is 340 g/mol. The molecule has 0 unspecified atom stereocenters. The van der Waals surface area contributed by atoms with E-state index in [9.17, 15) is 9.59 Å². The van der Waals surface area contributed by atoms with Crippen molar-refractivity contribution in [3.8, 4) is 5.75 Å². The van der Waals surface area contributed by atoms with E-state index in [2.05, 4.69) is 5.32 Å². The molecule has 0 heterocycles. The smallest absolute Gasteiger partial charge is 0.240 e. The zero-order valence-electron chi connectivity index (χ0n) is 14.9. The first-order chi connectivity index (χ1) is 12.0. The maximum atomic E-state index is 12.3. The van der Waals surface area contributed by atoms with Crippen molar-refractivity contribution < 1.29 is 14.3 Å². The molecule has 2 amide bonds. The summed E-state index contributed by atoms with van der Waals surface area (Å²) in [5.74, 6) is 0.159. The van der Waals surface area contributed by atoms with Crippen molar-refractivity contribution in [1.29, 1.82) is 0 Å². The van der Waals surface area contributed by atoms with Gasteiger partial charge in [-0.1, -0.05) is 42.0 Å². The van der Waals surface area contributed by atoms with E-state index < -0.39 is 0 Å². The summed E-state index contributed by atoms with van der Waals surface area (Å²) in [6.07, 6.45) is 0. The summed E-state index contributed by atoms with van der Waals surface area (Å²) in [6, 6.07) is 15.2. The molecule has 0 fully saturated rings.